The molecule has 1 heterocycles. The fourth-order valence-corrected chi connectivity index (χ4v) is 4.08. The van der Waals surface area contributed by atoms with E-state index in [9.17, 15) is 9.90 Å². The molecule has 1 aliphatic heterocycles. The predicted molar refractivity (Wildman–Crippen MR) is 99.6 cm³/mol. The van der Waals surface area contributed by atoms with Crippen molar-refractivity contribution < 1.29 is 19.4 Å². The molecule has 4 N–H and O–H groups in total. The van der Waals surface area contributed by atoms with E-state index in [1.165, 1.54) is 6.42 Å². The number of carbonyl (C=O) groups excluding carboxylic acids is 1. The fourth-order valence-electron chi connectivity index (χ4n) is 3.81. The number of benzene rings is 1. The summed E-state index contributed by atoms with van der Waals surface area (Å²) in [5, 5.41) is 13.7. The molecule has 0 bridgehead atoms. The highest BCUT2D eigenvalue weighted by atomic mass is 35.5. The van der Waals surface area contributed by atoms with Crippen LogP contribution >= 0.6 is 11.6 Å². The number of hydrogen-bond donors (Lipinski definition) is 3. The van der Waals surface area contributed by atoms with Crippen LogP contribution in [-0.2, 0) is 4.79 Å². The van der Waals surface area contributed by atoms with Crippen molar-refractivity contribution in [1.82, 2.24) is 5.32 Å². The van der Waals surface area contributed by atoms with Gasteiger partial charge in [0, 0.05) is 13.0 Å². The summed E-state index contributed by atoms with van der Waals surface area (Å²) < 4.78 is 11.0. The van der Waals surface area contributed by atoms with Crippen LogP contribution in [0.5, 0.6) is 11.5 Å². The smallest absolute Gasteiger partial charge is 0.220 e. The van der Waals surface area contributed by atoms with E-state index in [1.54, 1.807) is 12.1 Å². The van der Waals surface area contributed by atoms with Crippen LogP contribution in [0.25, 0.3) is 0 Å². The molecule has 1 fully saturated rings. The van der Waals surface area contributed by atoms with Gasteiger partial charge in [0.15, 0.2) is 11.5 Å². The number of hydrogen-bond acceptors (Lipinski definition) is 5. The summed E-state index contributed by atoms with van der Waals surface area (Å²) in [5.74, 6) is 0.952. The first-order valence-corrected chi connectivity index (χ1v) is 9.65. The molecule has 1 aromatic rings. The number of carbonyl (C=O) groups is 1. The Balaban J connectivity index is 1.57. The van der Waals surface area contributed by atoms with Gasteiger partial charge in [-0.25, -0.2) is 0 Å². The average Bonchev–Trinajstić information content (AvgIpc) is 2.67. The Hall–Kier alpha value is -1.50. The van der Waals surface area contributed by atoms with Gasteiger partial charge >= 0.3 is 0 Å². The molecule has 144 valence electrons. The lowest BCUT2D eigenvalue weighted by Crippen LogP contribution is -2.39. The second kappa shape index (κ2) is 8.46. The summed E-state index contributed by atoms with van der Waals surface area (Å²) in [5.41, 5.74) is 6.44. The van der Waals surface area contributed by atoms with E-state index in [2.05, 4.69) is 5.32 Å². The summed E-state index contributed by atoms with van der Waals surface area (Å²) in [4.78, 5) is 12.4. The molecule has 6 nitrogen and oxygen atoms in total. The number of fused-ring (bicyclic) bond motifs is 1. The molecule has 0 saturated heterocycles. The molecule has 1 saturated carbocycles. The summed E-state index contributed by atoms with van der Waals surface area (Å²) in [6, 6.07) is 3.36. The molecule has 1 amide bonds. The van der Waals surface area contributed by atoms with Crippen LogP contribution in [0.15, 0.2) is 12.1 Å². The third-order valence-corrected chi connectivity index (χ3v) is 5.66. The Morgan fingerprint density at radius 1 is 1.27 bits per heavy atom. The van der Waals surface area contributed by atoms with Gasteiger partial charge in [0.05, 0.1) is 11.1 Å². The van der Waals surface area contributed by atoms with Gasteiger partial charge < -0.3 is 25.6 Å². The molecule has 0 spiro atoms. The van der Waals surface area contributed by atoms with Crippen molar-refractivity contribution in [1.29, 1.82) is 0 Å². The number of halogens is 1. The van der Waals surface area contributed by atoms with E-state index < -0.39 is 6.10 Å². The van der Waals surface area contributed by atoms with Gasteiger partial charge in [-0.05, 0) is 42.5 Å². The topological polar surface area (TPSA) is 93.8 Å². The number of nitrogens with one attached hydrogen (secondary N) is 1. The van der Waals surface area contributed by atoms with Gasteiger partial charge in [0.25, 0.3) is 0 Å². The zero-order valence-electron chi connectivity index (χ0n) is 14.9. The maximum atomic E-state index is 12.4. The second-order valence-electron chi connectivity index (χ2n) is 7.29. The maximum absolute atomic E-state index is 12.4. The van der Waals surface area contributed by atoms with Crippen LogP contribution in [0.2, 0.25) is 5.02 Å². The van der Waals surface area contributed by atoms with Crippen molar-refractivity contribution in [2.24, 2.45) is 11.1 Å². The normalized spacial score (nSPS) is 19.7. The van der Waals surface area contributed by atoms with Crippen molar-refractivity contribution in [2.45, 2.75) is 44.6 Å². The molecule has 0 aromatic heterocycles. The van der Waals surface area contributed by atoms with Gasteiger partial charge in [-0.15, -0.1) is 0 Å². The highest BCUT2D eigenvalue weighted by molar-refractivity contribution is 6.32. The molecule has 26 heavy (non-hydrogen) atoms. The minimum absolute atomic E-state index is 0.0694. The molecule has 0 radical (unpaired) electrons. The Morgan fingerprint density at radius 3 is 2.73 bits per heavy atom. The molecule has 1 aliphatic carbocycles. The van der Waals surface area contributed by atoms with Gasteiger partial charge in [0.2, 0.25) is 5.91 Å². The van der Waals surface area contributed by atoms with Crippen molar-refractivity contribution >= 4 is 17.5 Å². The molecule has 1 atom stereocenters. The Kier molecular flexibility index (Phi) is 6.27. The van der Waals surface area contributed by atoms with Crippen molar-refractivity contribution in [3.05, 3.63) is 22.7 Å². The fraction of sp³-hybridized carbons (Fsp3) is 0.632. The summed E-state index contributed by atoms with van der Waals surface area (Å²) in [7, 11) is 0. The molecular formula is C19H27ClN2O4. The first kappa shape index (κ1) is 19.3. The first-order chi connectivity index (χ1) is 12.5. The second-order valence-corrected chi connectivity index (χ2v) is 7.70. The van der Waals surface area contributed by atoms with Crippen LogP contribution in [0, 0.1) is 5.41 Å². The lowest BCUT2D eigenvalue weighted by molar-refractivity contribution is -0.124. The van der Waals surface area contributed by atoms with E-state index in [0.717, 1.165) is 25.7 Å². The van der Waals surface area contributed by atoms with Gasteiger partial charge in [0.1, 0.15) is 13.2 Å². The van der Waals surface area contributed by atoms with Crippen molar-refractivity contribution in [3.63, 3.8) is 0 Å². The summed E-state index contributed by atoms with van der Waals surface area (Å²) in [6.45, 7) is 1.55. The number of ether oxygens (including phenoxy) is 2. The lowest BCUT2D eigenvalue weighted by atomic mass is 9.71. The Bertz CT molecular complexity index is 647. The summed E-state index contributed by atoms with van der Waals surface area (Å²) in [6.07, 6.45) is 5.01. The number of amides is 1. The number of nitrogens with two attached hydrogens (primary N) is 1. The van der Waals surface area contributed by atoms with Gasteiger partial charge in [-0.2, -0.15) is 0 Å². The SMILES string of the molecule is NCC1(CC(=O)NCC(O)c2cc(Cl)c3c(c2)OCCO3)CCCCC1. The van der Waals surface area contributed by atoms with E-state index >= 15 is 0 Å². The standard InChI is InChI=1S/C19H27ClN2O4/c20-14-8-13(9-16-18(14)26-7-6-25-16)15(23)11-22-17(24)10-19(12-21)4-2-1-3-5-19/h8-9,15,23H,1-7,10-12,21H2,(H,22,24). The van der Waals surface area contributed by atoms with E-state index in [-0.39, 0.29) is 17.9 Å². The highest BCUT2D eigenvalue weighted by Crippen LogP contribution is 2.40. The largest absolute Gasteiger partial charge is 0.486 e. The molecule has 1 unspecified atom stereocenters. The van der Waals surface area contributed by atoms with Crippen LogP contribution in [0.1, 0.15) is 50.2 Å². The quantitative estimate of drug-likeness (QED) is 0.703. The van der Waals surface area contributed by atoms with E-state index in [0.29, 0.717) is 48.3 Å². The van der Waals surface area contributed by atoms with E-state index in [4.69, 9.17) is 26.8 Å². The molecule has 2 aliphatic rings. The van der Waals surface area contributed by atoms with Gasteiger partial charge in [-0.1, -0.05) is 30.9 Å². The lowest BCUT2D eigenvalue weighted by Gasteiger charge is -2.35. The third kappa shape index (κ3) is 4.42. The monoisotopic (exact) mass is 382 g/mol. The van der Waals surface area contributed by atoms with Crippen LogP contribution in [0.3, 0.4) is 0 Å². The van der Waals surface area contributed by atoms with Crippen LogP contribution in [-0.4, -0.2) is 37.3 Å². The Labute approximate surface area is 159 Å². The van der Waals surface area contributed by atoms with Crippen LogP contribution in [0.4, 0.5) is 0 Å². The highest BCUT2D eigenvalue weighted by Gasteiger charge is 2.33. The van der Waals surface area contributed by atoms with Gasteiger partial charge in [-0.3, -0.25) is 4.79 Å². The molecule has 3 rings (SSSR count). The number of rotatable bonds is 6. The zero-order chi connectivity index (χ0) is 18.6. The van der Waals surface area contributed by atoms with Crippen LogP contribution < -0.4 is 20.5 Å². The molecule has 1 aromatic carbocycles. The van der Waals surface area contributed by atoms with E-state index in [1.807, 2.05) is 0 Å². The number of aliphatic hydroxyl groups is 1. The Morgan fingerprint density at radius 2 is 2.00 bits per heavy atom. The minimum atomic E-state index is -0.868. The third-order valence-electron chi connectivity index (χ3n) is 5.38. The zero-order valence-corrected chi connectivity index (χ0v) is 15.7. The maximum Gasteiger partial charge on any atom is 0.220 e. The molecular weight excluding hydrogens is 356 g/mol. The molecule has 7 heteroatoms. The average molecular weight is 383 g/mol. The predicted octanol–water partition coefficient (Wildman–Crippen LogP) is 2.56. The summed E-state index contributed by atoms with van der Waals surface area (Å²) >= 11 is 6.20. The first-order valence-electron chi connectivity index (χ1n) is 9.27. The van der Waals surface area contributed by atoms with Crippen molar-refractivity contribution in [3.8, 4) is 11.5 Å². The minimum Gasteiger partial charge on any atom is -0.486 e. The van der Waals surface area contributed by atoms with Crippen molar-refractivity contribution in [2.75, 3.05) is 26.3 Å². The number of aliphatic hydroxyl groups excluding tert-OH is 1.